The molecule has 2 aliphatic rings. The number of hydrogen-bond acceptors (Lipinski definition) is 7. The monoisotopic (exact) mass is 500 g/mol. The highest BCUT2D eigenvalue weighted by Gasteiger charge is 2.46. The van der Waals surface area contributed by atoms with E-state index in [0.29, 0.717) is 43.2 Å². The quantitative estimate of drug-likeness (QED) is 0.505. The normalized spacial score (nSPS) is 18.4. The number of aryl methyl sites for hydroxylation is 2. The number of anilines is 2. The van der Waals surface area contributed by atoms with Crippen LogP contribution in [0.15, 0.2) is 12.3 Å². The van der Waals surface area contributed by atoms with Crippen LogP contribution in [0.2, 0.25) is 0 Å². The van der Waals surface area contributed by atoms with Gasteiger partial charge in [-0.05, 0) is 26.7 Å². The number of nitrogens with zero attached hydrogens (tertiary/aromatic N) is 8. The Balaban J connectivity index is 1.27. The fraction of sp³-hybridized carbons (Fsp3) is 0.571. The standard InChI is InChI=1S/C21H22F6N8/c1-12-14-8-28-18(31-17(14)35(32-12)11-20(22,23)24)33-5-3-19(4-6-33)9-34(10-19)16-7-15(21(25,26)27)29-13(2)30-16/h7-8H,3-6,9-11H2,1-2H3. The van der Waals surface area contributed by atoms with Crippen molar-refractivity contribution < 1.29 is 26.3 Å². The van der Waals surface area contributed by atoms with E-state index >= 15 is 0 Å². The Labute approximate surface area is 196 Å². The van der Waals surface area contributed by atoms with Crippen LogP contribution in [0.4, 0.5) is 38.1 Å². The van der Waals surface area contributed by atoms with Gasteiger partial charge in [0.15, 0.2) is 5.65 Å². The molecule has 188 valence electrons. The van der Waals surface area contributed by atoms with Crippen LogP contribution < -0.4 is 9.80 Å². The summed E-state index contributed by atoms with van der Waals surface area (Å²) in [7, 11) is 0. The van der Waals surface area contributed by atoms with Gasteiger partial charge in [0, 0.05) is 43.9 Å². The second kappa shape index (κ2) is 7.92. The molecule has 1 spiro atoms. The van der Waals surface area contributed by atoms with E-state index in [1.165, 1.54) is 13.1 Å². The van der Waals surface area contributed by atoms with Crippen molar-refractivity contribution >= 4 is 22.8 Å². The molecule has 5 heterocycles. The number of rotatable bonds is 3. The van der Waals surface area contributed by atoms with Gasteiger partial charge in [-0.15, -0.1) is 0 Å². The molecule has 0 saturated carbocycles. The van der Waals surface area contributed by atoms with E-state index in [2.05, 4.69) is 25.0 Å². The van der Waals surface area contributed by atoms with E-state index in [4.69, 9.17) is 0 Å². The molecule has 0 N–H and O–H groups in total. The van der Waals surface area contributed by atoms with Crippen molar-refractivity contribution in [3.05, 3.63) is 29.5 Å². The zero-order valence-corrected chi connectivity index (χ0v) is 18.9. The van der Waals surface area contributed by atoms with Gasteiger partial charge in [-0.3, -0.25) is 0 Å². The van der Waals surface area contributed by atoms with Crippen molar-refractivity contribution in [1.82, 2.24) is 29.7 Å². The number of hydrogen-bond donors (Lipinski definition) is 0. The van der Waals surface area contributed by atoms with Gasteiger partial charge in [0.1, 0.15) is 23.9 Å². The van der Waals surface area contributed by atoms with Crippen LogP contribution in [-0.2, 0) is 12.7 Å². The molecule has 0 bridgehead atoms. The van der Waals surface area contributed by atoms with Crippen LogP contribution in [-0.4, -0.2) is 62.1 Å². The number of fused-ring (bicyclic) bond motifs is 1. The van der Waals surface area contributed by atoms with Crippen LogP contribution >= 0.6 is 0 Å². The Bertz CT molecular complexity index is 1250. The van der Waals surface area contributed by atoms with Crippen LogP contribution in [0.3, 0.4) is 0 Å². The van der Waals surface area contributed by atoms with Crippen LogP contribution in [0.1, 0.15) is 30.1 Å². The molecule has 0 aromatic carbocycles. The summed E-state index contributed by atoms with van der Waals surface area (Å²) in [5.41, 5.74) is -0.452. The molecule has 2 saturated heterocycles. The SMILES string of the molecule is Cc1nc(N2CC3(CCN(c4ncc5c(C)nn(CC(F)(F)F)c5n4)CC3)C2)cc(C(F)(F)F)n1. The highest BCUT2D eigenvalue weighted by atomic mass is 19.4. The van der Waals surface area contributed by atoms with E-state index < -0.39 is 24.6 Å². The van der Waals surface area contributed by atoms with Crippen LogP contribution in [0.5, 0.6) is 0 Å². The second-order valence-electron chi connectivity index (χ2n) is 9.26. The first kappa shape index (κ1) is 23.5. The van der Waals surface area contributed by atoms with Crippen molar-refractivity contribution in [2.75, 3.05) is 36.0 Å². The van der Waals surface area contributed by atoms with E-state index in [9.17, 15) is 26.3 Å². The lowest BCUT2D eigenvalue weighted by Gasteiger charge is -2.54. The zero-order valence-electron chi connectivity index (χ0n) is 18.9. The van der Waals surface area contributed by atoms with E-state index in [-0.39, 0.29) is 22.7 Å². The highest BCUT2D eigenvalue weighted by molar-refractivity contribution is 5.78. The largest absolute Gasteiger partial charge is 0.433 e. The molecule has 8 nitrogen and oxygen atoms in total. The Hall–Kier alpha value is -3.19. The second-order valence-corrected chi connectivity index (χ2v) is 9.26. The maximum atomic E-state index is 13.1. The van der Waals surface area contributed by atoms with E-state index in [1.54, 1.807) is 6.92 Å². The lowest BCUT2D eigenvalue weighted by atomic mass is 9.72. The highest BCUT2D eigenvalue weighted by Crippen LogP contribution is 2.43. The summed E-state index contributed by atoms with van der Waals surface area (Å²) < 4.78 is 79.0. The van der Waals surface area contributed by atoms with Gasteiger partial charge in [0.2, 0.25) is 5.95 Å². The summed E-state index contributed by atoms with van der Waals surface area (Å²) >= 11 is 0. The van der Waals surface area contributed by atoms with Crippen molar-refractivity contribution in [3.8, 4) is 0 Å². The Morgan fingerprint density at radius 3 is 2.26 bits per heavy atom. The summed E-state index contributed by atoms with van der Waals surface area (Å²) in [5, 5.41) is 4.43. The lowest BCUT2D eigenvalue weighted by Crippen LogP contribution is -2.61. The molecular formula is C21H22F6N8. The predicted octanol–water partition coefficient (Wildman–Crippen LogP) is 3.92. The third-order valence-corrected chi connectivity index (χ3v) is 6.59. The summed E-state index contributed by atoms with van der Waals surface area (Å²) in [6, 6.07) is 0.976. The molecule has 0 unspecified atom stereocenters. The number of piperidine rings is 1. The smallest absolute Gasteiger partial charge is 0.355 e. The lowest BCUT2D eigenvalue weighted by molar-refractivity contribution is -0.142. The van der Waals surface area contributed by atoms with E-state index in [0.717, 1.165) is 23.6 Å². The molecule has 0 aliphatic carbocycles. The minimum Gasteiger partial charge on any atom is -0.355 e. The number of halogens is 6. The maximum Gasteiger partial charge on any atom is 0.433 e. The van der Waals surface area contributed by atoms with Crippen molar-refractivity contribution in [3.63, 3.8) is 0 Å². The van der Waals surface area contributed by atoms with Gasteiger partial charge in [0.05, 0.1) is 11.1 Å². The van der Waals surface area contributed by atoms with Crippen LogP contribution in [0.25, 0.3) is 11.0 Å². The van der Waals surface area contributed by atoms with Gasteiger partial charge in [-0.1, -0.05) is 0 Å². The zero-order chi connectivity index (χ0) is 25.2. The Kier molecular flexibility index (Phi) is 5.33. The molecule has 35 heavy (non-hydrogen) atoms. The summed E-state index contributed by atoms with van der Waals surface area (Å²) in [5.74, 6) is 0.672. The summed E-state index contributed by atoms with van der Waals surface area (Å²) in [6.45, 7) is 4.14. The van der Waals surface area contributed by atoms with Crippen molar-refractivity contribution in [2.24, 2.45) is 5.41 Å². The minimum atomic E-state index is -4.54. The van der Waals surface area contributed by atoms with Gasteiger partial charge in [0.25, 0.3) is 0 Å². The fourth-order valence-electron chi connectivity index (χ4n) is 4.81. The fourth-order valence-corrected chi connectivity index (χ4v) is 4.81. The molecule has 0 radical (unpaired) electrons. The molecule has 3 aromatic heterocycles. The van der Waals surface area contributed by atoms with Gasteiger partial charge < -0.3 is 9.80 Å². The minimum absolute atomic E-state index is 0.0630. The van der Waals surface area contributed by atoms with Gasteiger partial charge in [-0.25, -0.2) is 19.6 Å². The predicted molar refractivity (Wildman–Crippen MR) is 114 cm³/mol. The third kappa shape index (κ3) is 4.57. The summed E-state index contributed by atoms with van der Waals surface area (Å²) in [4.78, 5) is 20.1. The number of aromatic nitrogens is 6. The first-order valence-electron chi connectivity index (χ1n) is 11.0. The van der Waals surface area contributed by atoms with Gasteiger partial charge in [-0.2, -0.15) is 36.4 Å². The molecular weight excluding hydrogens is 478 g/mol. The Morgan fingerprint density at radius 1 is 0.943 bits per heavy atom. The molecule has 5 rings (SSSR count). The Morgan fingerprint density at radius 2 is 1.63 bits per heavy atom. The molecule has 2 aliphatic heterocycles. The molecule has 0 amide bonds. The van der Waals surface area contributed by atoms with Crippen LogP contribution in [0, 0.1) is 19.3 Å². The first-order valence-corrected chi connectivity index (χ1v) is 11.0. The maximum absolute atomic E-state index is 13.1. The molecule has 3 aromatic rings. The topological polar surface area (TPSA) is 75.9 Å². The summed E-state index contributed by atoms with van der Waals surface area (Å²) in [6.07, 6.45) is -5.96. The van der Waals surface area contributed by atoms with E-state index in [1.807, 2.05) is 9.80 Å². The van der Waals surface area contributed by atoms with Gasteiger partial charge >= 0.3 is 12.4 Å². The van der Waals surface area contributed by atoms with Crippen molar-refractivity contribution in [1.29, 1.82) is 0 Å². The molecule has 0 atom stereocenters. The van der Waals surface area contributed by atoms with Crippen molar-refractivity contribution in [2.45, 2.75) is 45.6 Å². The number of alkyl halides is 6. The average molecular weight is 500 g/mol. The first-order chi connectivity index (χ1) is 16.3. The molecule has 14 heteroatoms. The average Bonchev–Trinajstić information content (AvgIpc) is 3.04. The third-order valence-electron chi connectivity index (χ3n) is 6.59. The molecule has 2 fully saturated rings.